The van der Waals surface area contributed by atoms with Crippen molar-refractivity contribution in [3.05, 3.63) is 46.3 Å². The second-order valence-corrected chi connectivity index (χ2v) is 7.13. The zero-order valence-electron chi connectivity index (χ0n) is 14.4. The van der Waals surface area contributed by atoms with Gasteiger partial charge in [-0.1, -0.05) is 13.0 Å². The minimum Gasteiger partial charge on any atom is -0.355 e. The summed E-state index contributed by atoms with van der Waals surface area (Å²) >= 11 is 1.50. The lowest BCUT2D eigenvalue weighted by molar-refractivity contribution is 0.0655. The highest BCUT2D eigenvalue weighted by Crippen LogP contribution is 2.25. The number of hydrogen-bond acceptors (Lipinski definition) is 5. The number of hydrogen-bond donors (Lipinski definition) is 0. The van der Waals surface area contributed by atoms with E-state index in [9.17, 15) is 10.1 Å². The highest BCUT2D eigenvalue weighted by Gasteiger charge is 2.29. The Balaban J connectivity index is 1.69. The first-order valence-electron chi connectivity index (χ1n) is 8.69. The number of amides is 1. The molecular weight excluding hydrogens is 332 g/mol. The molecular formula is C19H22N4OS. The maximum absolute atomic E-state index is 12.8. The van der Waals surface area contributed by atoms with Crippen LogP contribution in [0.1, 0.15) is 41.4 Å². The van der Waals surface area contributed by atoms with Crippen LogP contribution in [-0.2, 0) is 0 Å². The van der Waals surface area contributed by atoms with Gasteiger partial charge in [-0.3, -0.25) is 4.79 Å². The van der Waals surface area contributed by atoms with Crippen molar-refractivity contribution in [2.75, 3.05) is 24.5 Å². The number of rotatable bonds is 5. The minimum absolute atomic E-state index is 0.144. The number of pyridine rings is 1. The molecule has 1 amide bonds. The van der Waals surface area contributed by atoms with E-state index in [4.69, 9.17) is 0 Å². The normalized spacial score (nSPS) is 15.0. The molecule has 130 valence electrons. The fourth-order valence-corrected chi connectivity index (χ4v) is 4.04. The van der Waals surface area contributed by atoms with Gasteiger partial charge in [-0.2, -0.15) is 5.26 Å². The third kappa shape index (κ3) is 3.83. The predicted octanol–water partition coefficient (Wildman–Crippen LogP) is 3.54. The van der Waals surface area contributed by atoms with Crippen LogP contribution in [0, 0.1) is 11.3 Å². The molecule has 0 atom stereocenters. The SMILES string of the molecule is CCCN(C(=O)c1cccs1)C1CCN(c2ncccc2C#N)CC1. The van der Waals surface area contributed by atoms with Gasteiger partial charge < -0.3 is 9.80 Å². The number of nitriles is 1. The summed E-state index contributed by atoms with van der Waals surface area (Å²) in [5, 5.41) is 11.2. The molecule has 1 aliphatic heterocycles. The van der Waals surface area contributed by atoms with Crippen LogP contribution in [0.3, 0.4) is 0 Å². The average Bonchev–Trinajstić information content (AvgIpc) is 3.20. The van der Waals surface area contributed by atoms with Crippen molar-refractivity contribution in [1.82, 2.24) is 9.88 Å². The van der Waals surface area contributed by atoms with E-state index in [-0.39, 0.29) is 11.9 Å². The van der Waals surface area contributed by atoms with Gasteiger partial charge in [0.25, 0.3) is 5.91 Å². The van der Waals surface area contributed by atoms with Crippen LogP contribution in [0.2, 0.25) is 0 Å². The van der Waals surface area contributed by atoms with Gasteiger partial charge in [-0.15, -0.1) is 11.3 Å². The molecule has 0 bridgehead atoms. The number of carbonyl (C=O) groups excluding carboxylic acids is 1. The van der Waals surface area contributed by atoms with Crippen molar-refractivity contribution in [3.63, 3.8) is 0 Å². The first kappa shape index (κ1) is 17.4. The Hall–Kier alpha value is -2.39. The van der Waals surface area contributed by atoms with Crippen LogP contribution in [0.25, 0.3) is 0 Å². The molecule has 0 spiro atoms. The highest BCUT2D eigenvalue weighted by molar-refractivity contribution is 7.12. The molecule has 3 heterocycles. The monoisotopic (exact) mass is 354 g/mol. The first-order valence-corrected chi connectivity index (χ1v) is 9.57. The molecule has 0 aliphatic carbocycles. The summed E-state index contributed by atoms with van der Waals surface area (Å²) in [4.78, 5) is 22.2. The highest BCUT2D eigenvalue weighted by atomic mass is 32.1. The zero-order chi connectivity index (χ0) is 17.6. The molecule has 25 heavy (non-hydrogen) atoms. The Kier molecular flexibility index (Phi) is 5.67. The summed E-state index contributed by atoms with van der Waals surface area (Å²) in [6, 6.07) is 9.89. The van der Waals surface area contributed by atoms with E-state index >= 15 is 0 Å². The van der Waals surface area contributed by atoms with E-state index in [0.717, 1.165) is 49.6 Å². The number of aromatic nitrogens is 1. The van der Waals surface area contributed by atoms with Crippen LogP contribution in [-0.4, -0.2) is 41.5 Å². The second-order valence-electron chi connectivity index (χ2n) is 6.18. The third-order valence-corrected chi connectivity index (χ3v) is 5.43. The quantitative estimate of drug-likeness (QED) is 0.824. The molecule has 0 N–H and O–H groups in total. The largest absolute Gasteiger partial charge is 0.355 e. The van der Waals surface area contributed by atoms with Crippen molar-refractivity contribution in [2.45, 2.75) is 32.2 Å². The minimum atomic E-state index is 0.144. The number of anilines is 1. The van der Waals surface area contributed by atoms with Gasteiger partial charge in [-0.05, 0) is 42.8 Å². The molecule has 2 aromatic rings. The molecule has 3 rings (SSSR count). The van der Waals surface area contributed by atoms with E-state index in [1.807, 2.05) is 22.4 Å². The van der Waals surface area contributed by atoms with Crippen LogP contribution in [0.15, 0.2) is 35.8 Å². The number of nitrogens with zero attached hydrogens (tertiary/aromatic N) is 4. The fraction of sp³-hybridized carbons (Fsp3) is 0.421. The molecule has 5 nitrogen and oxygen atoms in total. The summed E-state index contributed by atoms with van der Waals surface area (Å²) in [7, 11) is 0. The maximum atomic E-state index is 12.8. The summed E-state index contributed by atoms with van der Waals surface area (Å²) in [5.74, 6) is 0.904. The molecule has 0 saturated carbocycles. The molecule has 0 aromatic carbocycles. The van der Waals surface area contributed by atoms with Gasteiger partial charge >= 0.3 is 0 Å². The summed E-state index contributed by atoms with van der Waals surface area (Å²) in [6.45, 7) is 4.52. The molecule has 1 fully saturated rings. The Bertz CT molecular complexity index is 745. The number of thiophene rings is 1. The van der Waals surface area contributed by atoms with Crippen molar-refractivity contribution in [3.8, 4) is 6.07 Å². The van der Waals surface area contributed by atoms with Gasteiger partial charge in [-0.25, -0.2) is 4.98 Å². The van der Waals surface area contributed by atoms with Crippen LogP contribution >= 0.6 is 11.3 Å². The summed E-state index contributed by atoms with van der Waals surface area (Å²) in [5.41, 5.74) is 0.612. The molecule has 1 aliphatic rings. The van der Waals surface area contributed by atoms with Gasteiger partial charge in [0, 0.05) is 31.9 Å². The van der Waals surface area contributed by atoms with Gasteiger partial charge in [0.2, 0.25) is 0 Å². The van der Waals surface area contributed by atoms with Crippen molar-refractivity contribution >= 4 is 23.1 Å². The van der Waals surface area contributed by atoms with E-state index < -0.39 is 0 Å². The van der Waals surface area contributed by atoms with Crippen molar-refractivity contribution in [2.24, 2.45) is 0 Å². The fourth-order valence-electron chi connectivity index (χ4n) is 3.36. The Morgan fingerprint density at radius 1 is 1.40 bits per heavy atom. The smallest absolute Gasteiger partial charge is 0.264 e. The van der Waals surface area contributed by atoms with Crippen LogP contribution < -0.4 is 4.90 Å². The standard InChI is InChI=1S/C19H22N4OS/c1-2-10-23(19(24)17-6-4-13-25-17)16-7-11-22(12-8-16)18-15(14-20)5-3-9-21-18/h3-6,9,13,16H,2,7-8,10-12H2,1H3. The van der Waals surface area contributed by atoms with E-state index in [1.165, 1.54) is 11.3 Å². The topological polar surface area (TPSA) is 60.2 Å². The molecule has 0 radical (unpaired) electrons. The van der Waals surface area contributed by atoms with Crippen molar-refractivity contribution < 1.29 is 4.79 Å². The van der Waals surface area contributed by atoms with E-state index in [0.29, 0.717) is 5.56 Å². The van der Waals surface area contributed by atoms with E-state index in [2.05, 4.69) is 22.9 Å². The van der Waals surface area contributed by atoms with Crippen molar-refractivity contribution in [1.29, 1.82) is 5.26 Å². The number of piperidine rings is 1. The van der Waals surface area contributed by atoms with Gasteiger partial charge in [0.15, 0.2) is 0 Å². The number of carbonyl (C=O) groups is 1. The Labute approximate surface area is 152 Å². The second kappa shape index (κ2) is 8.13. The molecule has 2 aromatic heterocycles. The summed E-state index contributed by atoms with van der Waals surface area (Å²) < 4.78 is 0. The van der Waals surface area contributed by atoms with Gasteiger partial charge in [0.05, 0.1) is 10.4 Å². The lowest BCUT2D eigenvalue weighted by atomic mass is 10.0. The average molecular weight is 354 g/mol. The van der Waals surface area contributed by atoms with Crippen LogP contribution in [0.5, 0.6) is 0 Å². The first-order chi connectivity index (χ1) is 12.2. The maximum Gasteiger partial charge on any atom is 0.264 e. The molecule has 1 saturated heterocycles. The third-order valence-electron chi connectivity index (χ3n) is 4.57. The lowest BCUT2D eigenvalue weighted by Crippen LogP contribution is -2.48. The lowest BCUT2D eigenvalue weighted by Gasteiger charge is -2.39. The Morgan fingerprint density at radius 2 is 2.20 bits per heavy atom. The molecule has 6 heteroatoms. The Morgan fingerprint density at radius 3 is 2.84 bits per heavy atom. The summed E-state index contributed by atoms with van der Waals surface area (Å²) in [6.07, 6.45) is 4.49. The predicted molar refractivity (Wildman–Crippen MR) is 99.8 cm³/mol. The van der Waals surface area contributed by atoms with E-state index in [1.54, 1.807) is 18.3 Å². The molecule has 0 unspecified atom stereocenters. The van der Waals surface area contributed by atoms with Crippen LogP contribution in [0.4, 0.5) is 5.82 Å². The van der Waals surface area contributed by atoms with Gasteiger partial charge in [0.1, 0.15) is 11.9 Å². The zero-order valence-corrected chi connectivity index (χ0v) is 15.2.